The molecule has 2 aromatic rings. The molecular formula is C12H14N4O. The van der Waals surface area contributed by atoms with Gasteiger partial charge < -0.3 is 4.90 Å². The van der Waals surface area contributed by atoms with E-state index in [0.29, 0.717) is 5.69 Å². The lowest BCUT2D eigenvalue weighted by molar-refractivity contribution is 0.0646. The fourth-order valence-electron chi connectivity index (χ4n) is 2.10. The Morgan fingerprint density at radius 3 is 2.76 bits per heavy atom. The van der Waals surface area contributed by atoms with E-state index in [-0.39, 0.29) is 5.91 Å². The summed E-state index contributed by atoms with van der Waals surface area (Å²) in [6.45, 7) is 3.65. The number of nitrogens with zero attached hydrogens (tertiary/aromatic N) is 4. The molecule has 1 saturated heterocycles. The molecule has 1 aliphatic rings. The fraction of sp³-hybridized carbons (Fsp3) is 0.417. The van der Waals surface area contributed by atoms with Crippen molar-refractivity contribution in [2.45, 2.75) is 13.3 Å². The molecule has 17 heavy (non-hydrogen) atoms. The zero-order valence-corrected chi connectivity index (χ0v) is 9.97. The van der Waals surface area contributed by atoms with E-state index in [1.54, 1.807) is 10.7 Å². The number of fused-ring (bicyclic) bond motifs is 1. The number of likely N-dealkylation sites (tertiary alicyclic amines) is 1. The van der Waals surface area contributed by atoms with Crippen LogP contribution in [0.2, 0.25) is 0 Å². The Labute approximate surface area is 99.0 Å². The van der Waals surface area contributed by atoms with Crippen molar-refractivity contribution >= 4 is 16.9 Å². The van der Waals surface area contributed by atoms with Gasteiger partial charge in [0.05, 0.1) is 5.69 Å². The highest BCUT2D eigenvalue weighted by Gasteiger charge is 2.23. The summed E-state index contributed by atoms with van der Waals surface area (Å²) in [5, 5.41) is 5.31. The lowest BCUT2D eigenvalue weighted by Crippen LogP contribution is -2.42. The Morgan fingerprint density at radius 2 is 2.12 bits per heavy atom. The first kappa shape index (κ1) is 10.3. The number of hydrogen-bond acceptors (Lipinski definition) is 3. The third-order valence-electron chi connectivity index (χ3n) is 3.23. The Hall–Kier alpha value is -1.91. The van der Waals surface area contributed by atoms with Gasteiger partial charge in [-0.3, -0.25) is 9.48 Å². The van der Waals surface area contributed by atoms with Crippen LogP contribution in [0.3, 0.4) is 0 Å². The first-order chi connectivity index (χ1) is 8.16. The molecule has 88 valence electrons. The number of hydrogen-bond donors (Lipinski definition) is 0. The molecule has 0 bridgehead atoms. The van der Waals surface area contributed by atoms with Gasteiger partial charge in [0.15, 0.2) is 5.65 Å². The maximum atomic E-state index is 12.0. The topological polar surface area (TPSA) is 51.0 Å². The van der Waals surface area contributed by atoms with Gasteiger partial charge in [-0.2, -0.15) is 5.10 Å². The van der Waals surface area contributed by atoms with E-state index in [1.165, 1.54) is 0 Å². The van der Waals surface area contributed by atoms with Gasteiger partial charge in [-0.1, -0.05) is 0 Å². The van der Waals surface area contributed by atoms with Crippen LogP contribution in [-0.2, 0) is 7.05 Å². The van der Waals surface area contributed by atoms with Crippen LogP contribution in [0, 0.1) is 6.92 Å². The summed E-state index contributed by atoms with van der Waals surface area (Å²) in [4.78, 5) is 18.2. The van der Waals surface area contributed by atoms with E-state index in [2.05, 4.69) is 10.1 Å². The summed E-state index contributed by atoms with van der Waals surface area (Å²) in [7, 11) is 1.85. The molecule has 1 aliphatic heterocycles. The van der Waals surface area contributed by atoms with Gasteiger partial charge in [0.2, 0.25) is 0 Å². The number of pyridine rings is 1. The first-order valence-electron chi connectivity index (χ1n) is 5.76. The normalized spacial score (nSPS) is 15.1. The minimum atomic E-state index is 0.0250. The Kier molecular flexibility index (Phi) is 2.14. The van der Waals surface area contributed by atoms with Gasteiger partial charge >= 0.3 is 0 Å². The molecule has 0 aromatic carbocycles. The summed E-state index contributed by atoms with van der Waals surface area (Å²) < 4.78 is 1.72. The number of aryl methyl sites for hydroxylation is 2. The average molecular weight is 230 g/mol. The van der Waals surface area contributed by atoms with Crippen molar-refractivity contribution in [1.82, 2.24) is 19.7 Å². The molecule has 0 saturated carbocycles. The Balaban J connectivity index is 2.06. The molecule has 1 amide bonds. The first-order valence-corrected chi connectivity index (χ1v) is 5.76. The van der Waals surface area contributed by atoms with Crippen LogP contribution in [0.5, 0.6) is 0 Å². The summed E-state index contributed by atoms with van der Waals surface area (Å²) in [6, 6.07) is 3.72. The van der Waals surface area contributed by atoms with Crippen molar-refractivity contribution in [3.05, 3.63) is 23.5 Å². The minimum Gasteiger partial charge on any atom is -0.337 e. The van der Waals surface area contributed by atoms with Crippen LogP contribution in [0.4, 0.5) is 0 Å². The van der Waals surface area contributed by atoms with Gasteiger partial charge in [-0.05, 0) is 25.5 Å². The second-order valence-electron chi connectivity index (χ2n) is 4.42. The molecule has 0 atom stereocenters. The van der Waals surface area contributed by atoms with E-state index in [9.17, 15) is 4.79 Å². The molecular weight excluding hydrogens is 216 g/mol. The molecule has 2 aromatic heterocycles. The molecule has 0 spiro atoms. The highest BCUT2D eigenvalue weighted by molar-refractivity contribution is 5.95. The van der Waals surface area contributed by atoms with Crippen molar-refractivity contribution in [3.8, 4) is 0 Å². The summed E-state index contributed by atoms with van der Waals surface area (Å²) in [6.07, 6.45) is 1.10. The van der Waals surface area contributed by atoms with Crippen molar-refractivity contribution in [1.29, 1.82) is 0 Å². The summed E-state index contributed by atoms with van der Waals surface area (Å²) in [5.41, 5.74) is 2.23. The largest absolute Gasteiger partial charge is 0.337 e. The minimum absolute atomic E-state index is 0.0250. The molecule has 3 heterocycles. The van der Waals surface area contributed by atoms with Crippen LogP contribution in [0.1, 0.15) is 22.6 Å². The van der Waals surface area contributed by atoms with Crippen LogP contribution in [0.25, 0.3) is 11.0 Å². The number of rotatable bonds is 1. The van der Waals surface area contributed by atoms with Crippen LogP contribution < -0.4 is 0 Å². The molecule has 1 fully saturated rings. The quantitative estimate of drug-likeness (QED) is 0.737. The SMILES string of the molecule is Cc1nn(C)c2nc(C(=O)N3CCC3)ccc12. The Bertz CT molecular complexity index is 598. The second-order valence-corrected chi connectivity index (χ2v) is 4.42. The van der Waals surface area contributed by atoms with E-state index in [1.807, 2.05) is 24.9 Å². The molecule has 3 rings (SSSR count). The average Bonchev–Trinajstić information content (AvgIpc) is 2.52. The summed E-state index contributed by atoms with van der Waals surface area (Å²) >= 11 is 0. The van der Waals surface area contributed by atoms with Crippen molar-refractivity contribution < 1.29 is 4.79 Å². The highest BCUT2D eigenvalue weighted by atomic mass is 16.2. The van der Waals surface area contributed by atoms with E-state index < -0.39 is 0 Å². The van der Waals surface area contributed by atoms with E-state index in [0.717, 1.165) is 36.2 Å². The molecule has 0 N–H and O–H groups in total. The second kappa shape index (κ2) is 3.55. The molecule has 0 unspecified atom stereocenters. The van der Waals surface area contributed by atoms with Crippen LogP contribution >= 0.6 is 0 Å². The van der Waals surface area contributed by atoms with Crippen LogP contribution in [0.15, 0.2) is 12.1 Å². The molecule has 0 radical (unpaired) electrons. The molecule has 5 nitrogen and oxygen atoms in total. The highest BCUT2D eigenvalue weighted by Crippen LogP contribution is 2.17. The van der Waals surface area contributed by atoms with Crippen molar-refractivity contribution in [3.63, 3.8) is 0 Å². The monoisotopic (exact) mass is 230 g/mol. The van der Waals surface area contributed by atoms with E-state index >= 15 is 0 Å². The summed E-state index contributed by atoms with van der Waals surface area (Å²) in [5.74, 6) is 0.0250. The standard InChI is InChI=1S/C12H14N4O/c1-8-9-4-5-10(12(17)16-6-3-7-16)13-11(9)15(2)14-8/h4-5H,3,6-7H2,1-2H3. The zero-order chi connectivity index (χ0) is 12.0. The van der Waals surface area contributed by atoms with Crippen LogP contribution in [-0.4, -0.2) is 38.7 Å². The van der Waals surface area contributed by atoms with Crippen molar-refractivity contribution in [2.75, 3.05) is 13.1 Å². The smallest absolute Gasteiger partial charge is 0.272 e. The number of carbonyl (C=O) groups excluding carboxylic acids is 1. The lowest BCUT2D eigenvalue weighted by atomic mass is 10.2. The van der Waals surface area contributed by atoms with Gasteiger partial charge in [-0.15, -0.1) is 0 Å². The van der Waals surface area contributed by atoms with E-state index in [4.69, 9.17) is 0 Å². The number of aromatic nitrogens is 3. The third kappa shape index (κ3) is 1.50. The molecule has 5 heteroatoms. The number of carbonyl (C=O) groups is 1. The predicted octanol–water partition coefficient (Wildman–Crippen LogP) is 1.12. The Morgan fingerprint density at radius 1 is 1.35 bits per heavy atom. The van der Waals surface area contributed by atoms with Gasteiger partial charge in [-0.25, -0.2) is 4.98 Å². The molecule has 0 aliphatic carbocycles. The van der Waals surface area contributed by atoms with Gasteiger partial charge in [0, 0.05) is 25.5 Å². The maximum Gasteiger partial charge on any atom is 0.272 e. The third-order valence-corrected chi connectivity index (χ3v) is 3.23. The van der Waals surface area contributed by atoms with Gasteiger partial charge in [0.1, 0.15) is 5.69 Å². The lowest BCUT2D eigenvalue weighted by Gasteiger charge is -2.30. The number of amides is 1. The zero-order valence-electron chi connectivity index (χ0n) is 9.97. The fourth-order valence-corrected chi connectivity index (χ4v) is 2.10. The predicted molar refractivity (Wildman–Crippen MR) is 63.8 cm³/mol. The maximum absolute atomic E-state index is 12.0. The van der Waals surface area contributed by atoms with Crippen molar-refractivity contribution in [2.24, 2.45) is 7.05 Å². The van der Waals surface area contributed by atoms with Gasteiger partial charge in [0.25, 0.3) is 5.91 Å².